The molecule has 1 aromatic heterocycles. The molecule has 160 valence electrons. The topological polar surface area (TPSA) is 107 Å². The number of carboxylic acid groups (broad SMARTS) is 2. The normalized spacial score (nSPS) is 20.5. The maximum Gasteiger partial charge on any atom is 0.323 e. The van der Waals surface area contributed by atoms with E-state index >= 15 is 0 Å². The van der Waals surface area contributed by atoms with Gasteiger partial charge in [-0.2, -0.15) is 11.3 Å². The van der Waals surface area contributed by atoms with Crippen molar-refractivity contribution in [3.63, 3.8) is 0 Å². The summed E-state index contributed by atoms with van der Waals surface area (Å²) < 4.78 is 0. The molecule has 2 heterocycles. The van der Waals surface area contributed by atoms with Gasteiger partial charge in [-0.05, 0) is 40.8 Å². The van der Waals surface area contributed by atoms with Crippen LogP contribution in [0.5, 0.6) is 0 Å². The molecule has 3 rings (SSSR count). The second-order valence-electron chi connectivity index (χ2n) is 7.13. The Labute approximate surface area is 183 Å². The Morgan fingerprint density at radius 2 is 1.97 bits per heavy atom. The summed E-state index contributed by atoms with van der Waals surface area (Å²) in [7, 11) is 0. The standard InChI is InChI=1S/C21H24N2O5S2/c24-19(25)11-23-10-18(15-8-9-29-12-15)30-13-17(20(23)26)22-16(21(27)28)7-6-14-4-2-1-3-5-14/h1-5,8-9,12,16-18,22H,6-7,10-11,13H2,(H,24,25)(H,27,28)/t16-,17-,18-/m0/s1. The van der Waals surface area contributed by atoms with Crippen LogP contribution < -0.4 is 5.32 Å². The van der Waals surface area contributed by atoms with Gasteiger partial charge in [0.05, 0.1) is 6.04 Å². The van der Waals surface area contributed by atoms with E-state index in [0.29, 0.717) is 18.6 Å². The van der Waals surface area contributed by atoms with Gasteiger partial charge in [0, 0.05) is 17.5 Å². The highest BCUT2D eigenvalue weighted by molar-refractivity contribution is 7.99. The monoisotopic (exact) mass is 448 g/mol. The number of aryl methyl sites for hydroxylation is 1. The molecule has 1 aliphatic rings. The Morgan fingerprint density at radius 3 is 2.60 bits per heavy atom. The van der Waals surface area contributed by atoms with Crippen molar-refractivity contribution in [1.82, 2.24) is 10.2 Å². The van der Waals surface area contributed by atoms with Gasteiger partial charge in [-0.1, -0.05) is 30.3 Å². The molecule has 0 saturated carbocycles. The van der Waals surface area contributed by atoms with E-state index in [2.05, 4.69) is 5.32 Å². The summed E-state index contributed by atoms with van der Waals surface area (Å²) >= 11 is 3.10. The number of benzene rings is 1. The van der Waals surface area contributed by atoms with Crippen LogP contribution >= 0.6 is 23.1 Å². The van der Waals surface area contributed by atoms with Crippen LogP contribution in [-0.4, -0.2) is 63.9 Å². The third-order valence-corrected chi connectivity index (χ3v) is 7.02. The number of carbonyl (C=O) groups is 3. The lowest BCUT2D eigenvalue weighted by Crippen LogP contribution is -2.53. The third-order valence-electron chi connectivity index (χ3n) is 4.97. The molecular weight excluding hydrogens is 424 g/mol. The van der Waals surface area contributed by atoms with E-state index in [1.54, 1.807) is 23.1 Å². The van der Waals surface area contributed by atoms with E-state index in [0.717, 1.165) is 11.1 Å². The van der Waals surface area contributed by atoms with Crippen LogP contribution in [0.15, 0.2) is 47.2 Å². The molecule has 1 aromatic carbocycles. The zero-order chi connectivity index (χ0) is 21.5. The molecule has 3 N–H and O–H groups in total. The summed E-state index contributed by atoms with van der Waals surface area (Å²) in [5.74, 6) is -2.09. The fourth-order valence-corrected chi connectivity index (χ4v) is 5.50. The molecule has 1 saturated heterocycles. The van der Waals surface area contributed by atoms with Crippen LogP contribution in [0.3, 0.4) is 0 Å². The van der Waals surface area contributed by atoms with E-state index in [1.807, 2.05) is 47.2 Å². The minimum absolute atomic E-state index is 0.0426. The van der Waals surface area contributed by atoms with Crippen molar-refractivity contribution >= 4 is 40.9 Å². The van der Waals surface area contributed by atoms with Crippen molar-refractivity contribution in [3.8, 4) is 0 Å². The number of rotatable bonds is 9. The van der Waals surface area contributed by atoms with E-state index < -0.39 is 30.6 Å². The molecular formula is C21H24N2O5S2. The van der Waals surface area contributed by atoms with Gasteiger partial charge in [0.1, 0.15) is 12.6 Å². The van der Waals surface area contributed by atoms with Crippen LogP contribution in [0, 0.1) is 0 Å². The van der Waals surface area contributed by atoms with E-state index in [9.17, 15) is 24.6 Å². The molecule has 1 fully saturated rings. The number of carbonyl (C=O) groups excluding carboxylic acids is 1. The predicted octanol–water partition coefficient (Wildman–Crippen LogP) is 2.49. The first-order valence-corrected chi connectivity index (χ1v) is 11.6. The summed E-state index contributed by atoms with van der Waals surface area (Å²) in [5.41, 5.74) is 2.07. The van der Waals surface area contributed by atoms with Crippen LogP contribution in [0.4, 0.5) is 0 Å². The van der Waals surface area contributed by atoms with Crippen LogP contribution in [0.25, 0.3) is 0 Å². The number of aliphatic carboxylic acids is 2. The molecule has 0 spiro atoms. The second-order valence-corrected chi connectivity index (χ2v) is 9.14. The highest BCUT2D eigenvalue weighted by Crippen LogP contribution is 2.34. The summed E-state index contributed by atoms with van der Waals surface area (Å²) in [4.78, 5) is 37.5. The Kier molecular flexibility index (Phi) is 7.89. The number of nitrogens with one attached hydrogen (secondary N) is 1. The Balaban J connectivity index is 1.72. The summed E-state index contributed by atoms with van der Waals surface area (Å²) in [6, 6.07) is 9.89. The third kappa shape index (κ3) is 6.07. The Bertz CT molecular complexity index is 860. The average Bonchev–Trinajstić information content (AvgIpc) is 3.21. The van der Waals surface area contributed by atoms with Gasteiger partial charge in [0.15, 0.2) is 0 Å². The number of amides is 1. The minimum atomic E-state index is -1.09. The largest absolute Gasteiger partial charge is 0.480 e. The fraction of sp³-hybridized carbons (Fsp3) is 0.381. The maximum absolute atomic E-state index is 13.0. The van der Waals surface area contributed by atoms with Gasteiger partial charge in [-0.15, -0.1) is 11.8 Å². The molecule has 30 heavy (non-hydrogen) atoms. The summed E-state index contributed by atoms with van der Waals surface area (Å²) in [5, 5.41) is 25.8. The van der Waals surface area contributed by atoms with Gasteiger partial charge in [0.25, 0.3) is 0 Å². The first-order chi connectivity index (χ1) is 14.4. The molecule has 9 heteroatoms. The summed E-state index contributed by atoms with van der Waals surface area (Å²) in [6.07, 6.45) is 0.899. The highest BCUT2D eigenvalue weighted by atomic mass is 32.2. The maximum atomic E-state index is 13.0. The van der Waals surface area contributed by atoms with Gasteiger partial charge in [-0.25, -0.2) is 0 Å². The predicted molar refractivity (Wildman–Crippen MR) is 117 cm³/mol. The van der Waals surface area contributed by atoms with Gasteiger partial charge >= 0.3 is 11.9 Å². The number of hydrogen-bond donors (Lipinski definition) is 3. The Morgan fingerprint density at radius 1 is 1.20 bits per heavy atom. The molecule has 0 bridgehead atoms. The number of hydrogen-bond acceptors (Lipinski definition) is 6. The van der Waals surface area contributed by atoms with E-state index in [-0.39, 0.29) is 17.7 Å². The van der Waals surface area contributed by atoms with Crippen molar-refractivity contribution in [2.75, 3.05) is 18.8 Å². The minimum Gasteiger partial charge on any atom is -0.480 e. The molecule has 0 radical (unpaired) electrons. The van der Waals surface area contributed by atoms with Crippen molar-refractivity contribution in [2.24, 2.45) is 0 Å². The van der Waals surface area contributed by atoms with Crippen molar-refractivity contribution in [3.05, 3.63) is 58.3 Å². The molecule has 0 aliphatic carbocycles. The number of carboxylic acids is 2. The quantitative estimate of drug-likeness (QED) is 0.541. The van der Waals surface area contributed by atoms with Gasteiger partial charge < -0.3 is 15.1 Å². The van der Waals surface area contributed by atoms with Crippen LogP contribution in [0.2, 0.25) is 0 Å². The molecule has 7 nitrogen and oxygen atoms in total. The number of thioether (sulfide) groups is 1. The number of thiophene rings is 1. The molecule has 0 unspecified atom stereocenters. The first kappa shape index (κ1) is 22.3. The second kappa shape index (κ2) is 10.6. The zero-order valence-electron chi connectivity index (χ0n) is 16.3. The van der Waals surface area contributed by atoms with Gasteiger partial charge in [-0.3, -0.25) is 19.7 Å². The lowest BCUT2D eigenvalue weighted by molar-refractivity contribution is -0.146. The van der Waals surface area contributed by atoms with E-state index in [1.165, 1.54) is 4.90 Å². The van der Waals surface area contributed by atoms with Crippen molar-refractivity contribution in [1.29, 1.82) is 0 Å². The first-order valence-electron chi connectivity index (χ1n) is 9.61. The van der Waals surface area contributed by atoms with Crippen molar-refractivity contribution in [2.45, 2.75) is 30.2 Å². The van der Waals surface area contributed by atoms with Crippen LogP contribution in [-0.2, 0) is 20.8 Å². The Hall–Kier alpha value is -2.36. The SMILES string of the molecule is O=C(O)CN1C[C@@H](c2ccsc2)SC[C@H](N[C@@H](CCc2ccccc2)C(=O)O)C1=O. The number of nitrogens with zero attached hydrogens (tertiary/aromatic N) is 1. The lowest BCUT2D eigenvalue weighted by Gasteiger charge is -2.26. The van der Waals surface area contributed by atoms with Crippen molar-refractivity contribution < 1.29 is 24.6 Å². The molecule has 1 aliphatic heterocycles. The smallest absolute Gasteiger partial charge is 0.323 e. The fourth-order valence-electron chi connectivity index (χ4n) is 3.41. The van der Waals surface area contributed by atoms with Gasteiger partial charge in [0.2, 0.25) is 5.91 Å². The zero-order valence-corrected chi connectivity index (χ0v) is 17.9. The lowest BCUT2D eigenvalue weighted by atomic mass is 10.0. The van der Waals surface area contributed by atoms with E-state index in [4.69, 9.17) is 0 Å². The molecule has 1 amide bonds. The summed E-state index contributed by atoms with van der Waals surface area (Å²) in [6.45, 7) is -0.119. The molecule has 2 aromatic rings. The highest BCUT2D eigenvalue weighted by Gasteiger charge is 2.35. The molecule has 3 atom stereocenters. The average molecular weight is 449 g/mol. The van der Waals surface area contributed by atoms with Crippen LogP contribution in [0.1, 0.15) is 22.8 Å².